The molecule has 0 N–H and O–H groups in total. The van der Waals surface area contributed by atoms with Crippen molar-refractivity contribution in [3.8, 4) is 0 Å². The molecule has 1 aliphatic rings. The molecule has 1 aromatic carbocycles. The lowest BCUT2D eigenvalue weighted by molar-refractivity contribution is 0.718. The van der Waals surface area contributed by atoms with E-state index in [9.17, 15) is 4.79 Å². The highest BCUT2D eigenvalue weighted by atomic mass is 16.1. The molecule has 0 aromatic heterocycles. The van der Waals surface area contributed by atoms with Crippen molar-refractivity contribution in [2.24, 2.45) is 0 Å². The monoisotopic (exact) mass is 188 g/mol. The van der Waals surface area contributed by atoms with Crippen molar-refractivity contribution in [2.75, 3.05) is 0 Å². The first-order chi connectivity index (χ1) is 6.79. The Hall–Kier alpha value is -1.11. The van der Waals surface area contributed by atoms with Gasteiger partial charge in [0.2, 0.25) is 0 Å². The van der Waals surface area contributed by atoms with E-state index in [1.807, 2.05) is 19.1 Å². The van der Waals surface area contributed by atoms with Crippen molar-refractivity contribution in [3.63, 3.8) is 0 Å². The van der Waals surface area contributed by atoms with E-state index in [0.717, 1.165) is 5.56 Å². The number of rotatable bonds is 1. The maximum Gasteiger partial charge on any atom is 0.181 e. The van der Waals surface area contributed by atoms with E-state index in [2.05, 4.69) is 6.07 Å². The molecule has 0 heterocycles. The zero-order chi connectivity index (χ0) is 9.97. The van der Waals surface area contributed by atoms with Gasteiger partial charge in [0.15, 0.2) is 5.43 Å². The van der Waals surface area contributed by atoms with E-state index < -0.39 is 0 Å². The summed E-state index contributed by atoms with van der Waals surface area (Å²) in [6.45, 7) is 1.95. The second kappa shape index (κ2) is 3.95. The van der Waals surface area contributed by atoms with Crippen LogP contribution in [0.15, 0.2) is 29.1 Å². The molecular weight excluding hydrogens is 172 g/mol. The Morgan fingerprint density at radius 3 is 2.50 bits per heavy atom. The second-order valence-electron chi connectivity index (χ2n) is 4.14. The molecule has 0 amide bonds. The van der Waals surface area contributed by atoms with Crippen LogP contribution in [-0.2, 0) is 0 Å². The van der Waals surface area contributed by atoms with Gasteiger partial charge in [-0.2, -0.15) is 0 Å². The summed E-state index contributed by atoms with van der Waals surface area (Å²) in [6, 6.07) is 7.61. The van der Waals surface area contributed by atoms with E-state index in [-0.39, 0.29) is 5.43 Å². The predicted octanol–water partition coefficient (Wildman–Crippen LogP) is 3.01. The first-order valence-corrected chi connectivity index (χ1v) is 5.39. The summed E-state index contributed by atoms with van der Waals surface area (Å²) in [7, 11) is 0. The summed E-state index contributed by atoms with van der Waals surface area (Å²) in [6.07, 6.45) is 5.14. The minimum absolute atomic E-state index is 0.178. The zero-order valence-electron chi connectivity index (χ0n) is 8.62. The van der Waals surface area contributed by atoms with Gasteiger partial charge in [0.1, 0.15) is 0 Å². The molecule has 0 saturated heterocycles. The van der Waals surface area contributed by atoms with Gasteiger partial charge in [-0.1, -0.05) is 31.0 Å². The summed E-state index contributed by atoms with van der Waals surface area (Å²) in [5, 5.41) is 0. The summed E-state index contributed by atoms with van der Waals surface area (Å²) < 4.78 is 0. The molecule has 0 radical (unpaired) electrons. The minimum Gasteiger partial charge on any atom is -0.290 e. The maximum atomic E-state index is 11.6. The highest BCUT2D eigenvalue weighted by Gasteiger charge is 2.18. The molecule has 14 heavy (non-hydrogen) atoms. The smallest absolute Gasteiger partial charge is 0.181 e. The molecule has 0 aliphatic heterocycles. The lowest BCUT2D eigenvalue weighted by Crippen LogP contribution is -2.05. The van der Waals surface area contributed by atoms with Crippen LogP contribution >= 0.6 is 0 Å². The Morgan fingerprint density at radius 1 is 1.14 bits per heavy atom. The van der Waals surface area contributed by atoms with Crippen molar-refractivity contribution in [3.05, 3.63) is 45.6 Å². The van der Waals surface area contributed by atoms with Crippen LogP contribution in [0.5, 0.6) is 0 Å². The third kappa shape index (κ3) is 1.72. The van der Waals surface area contributed by atoms with E-state index in [1.54, 1.807) is 6.07 Å². The molecule has 0 atom stereocenters. The lowest BCUT2D eigenvalue weighted by Gasteiger charge is -2.09. The molecule has 1 aliphatic carbocycles. The Morgan fingerprint density at radius 2 is 1.79 bits per heavy atom. The molecule has 1 fully saturated rings. The van der Waals surface area contributed by atoms with Crippen molar-refractivity contribution in [1.29, 1.82) is 0 Å². The van der Waals surface area contributed by atoms with Gasteiger partial charge in [0, 0.05) is 0 Å². The normalized spacial score (nSPS) is 17.2. The highest BCUT2D eigenvalue weighted by molar-refractivity contribution is 5.28. The molecular formula is C13H16O. The van der Waals surface area contributed by atoms with Crippen LogP contribution < -0.4 is 5.43 Å². The van der Waals surface area contributed by atoms with Crippen LogP contribution in [0.25, 0.3) is 0 Å². The fraction of sp³-hybridized carbons (Fsp3) is 0.462. The van der Waals surface area contributed by atoms with Crippen LogP contribution in [0.3, 0.4) is 0 Å². The van der Waals surface area contributed by atoms with E-state index in [4.69, 9.17) is 0 Å². The van der Waals surface area contributed by atoms with Crippen LogP contribution in [0.2, 0.25) is 0 Å². The largest absolute Gasteiger partial charge is 0.290 e. The summed E-state index contributed by atoms with van der Waals surface area (Å²) in [4.78, 5) is 11.6. The summed E-state index contributed by atoms with van der Waals surface area (Å²) in [5.74, 6) is 0.634. The molecule has 0 spiro atoms. The Bertz CT molecular complexity index is 375. The number of hydrogen-bond acceptors (Lipinski definition) is 1. The average molecular weight is 188 g/mol. The Balaban J connectivity index is 2.47. The van der Waals surface area contributed by atoms with Crippen molar-refractivity contribution >= 4 is 0 Å². The maximum absolute atomic E-state index is 11.6. The Kier molecular flexibility index (Phi) is 2.67. The molecule has 1 nitrogen and oxygen atoms in total. The van der Waals surface area contributed by atoms with Gasteiger partial charge < -0.3 is 0 Å². The van der Waals surface area contributed by atoms with E-state index in [1.165, 1.54) is 31.2 Å². The first kappa shape index (κ1) is 9.45. The van der Waals surface area contributed by atoms with Crippen molar-refractivity contribution in [2.45, 2.75) is 38.5 Å². The molecule has 1 saturated carbocycles. The van der Waals surface area contributed by atoms with Gasteiger partial charge in [-0.05, 0) is 42.9 Å². The zero-order valence-corrected chi connectivity index (χ0v) is 8.62. The van der Waals surface area contributed by atoms with Gasteiger partial charge in [-0.15, -0.1) is 0 Å². The second-order valence-corrected chi connectivity index (χ2v) is 4.14. The molecule has 1 heteroatoms. The lowest BCUT2D eigenvalue weighted by atomic mass is 9.95. The predicted molar refractivity (Wildman–Crippen MR) is 58.7 cm³/mol. The fourth-order valence-corrected chi connectivity index (χ4v) is 2.37. The van der Waals surface area contributed by atoms with Gasteiger partial charge >= 0.3 is 0 Å². The number of hydrogen-bond donors (Lipinski definition) is 0. The molecule has 0 unspecified atom stereocenters. The third-order valence-electron chi connectivity index (χ3n) is 3.23. The molecule has 2 rings (SSSR count). The SMILES string of the molecule is Cc1c(C2CCCC2)ccccc1=O. The van der Waals surface area contributed by atoms with Crippen LogP contribution in [-0.4, -0.2) is 0 Å². The minimum atomic E-state index is 0.178. The highest BCUT2D eigenvalue weighted by Crippen LogP contribution is 2.34. The van der Waals surface area contributed by atoms with Gasteiger partial charge in [0.25, 0.3) is 0 Å². The van der Waals surface area contributed by atoms with E-state index in [0.29, 0.717) is 5.92 Å². The topological polar surface area (TPSA) is 17.1 Å². The van der Waals surface area contributed by atoms with Gasteiger partial charge in [-0.3, -0.25) is 4.79 Å². The standard InChI is InChI=1S/C13H16O/c1-10-12(11-6-2-3-7-11)8-4-5-9-13(10)14/h4-5,8-9,11H,2-3,6-7H2,1H3. The summed E-state index contributed by atoms with van der Waals surface area (Å²) in [5.41, 5.74) is 2.40. The van der Waals surface area contributed by atoms with Crippen molar-refractivity contribution < 1.29 is 0 Å². The summed E-state index contributed by atoms with van der Waals surface area (Å²) >= 11 is 0. The van der Waals surface area contributed by atoms with Crippen LogP contribution in [0, 0.1) is 6.92 Å². The Labute approximate surface area is 84.8 Å². The van der Waals surface area contributed by atoms with Crippen LogP contribution in [0.1, 0.15) is 42.7 Å². The van der Waals surface area contributed by atoms with E-state index >= 15 is 0 Å². The van der Waals surface area contributed by atoms with Gasteiger partial charge in [0.05, 0.1) is 0 Å². The first-order valence-electron chi connectivity index (χ1n) is 5.39. The third-order valence-corrected chi connectivity index (χ3v) is 3.23. The quantitative estimate of drug-likeness (QED) is 0.662. The van der Waals surface area contributed by atoms with Crippen LogP contribution in [0.4, 0.5) is 0 Å². The molecule has 74 valence electrons. The fourth-order valence-electron chi connectivity index (χ4n) is 2.37. The molecule has 1 aromatic rings. The van der Waals surface area contributed by atoms with Gasteiger partial charge in [-0.25, -0.2) is 0 Å². The average Bonchev–Trinajstić information content (AvgIpc) is 2.64. The van der Waals surface area contributed by atoms with Crippen molar-refractivity contribution in [1.82, 2.24) is 0 Å². The molecule has 0 bridgehead atoms.